The van der Waals surface area contributed by atoms with Gasteiger partial charge in [-0.1, -0.05) is 0 Å². The van der Waals surface area contributed by atoms with Crippen molar-refractivity contribution in [1.82, 2.24) is 4.98 Å². The highest BCUT2D eigenvalue weighted by Gasteiger charge is 2.34. The average Bonchev–Trinajstić information content (AvgIpc) is 2.83. The number of aldehydes is 1. The molecule has 1 aromatic heterocycles. The minimum Gasteiger partial charge on any atom is -0.327 e. The molecule has 1 fully saturated rings. The molecule has 1 heterocycles. The molecule has 0 amide bonds. The third kappa shape index (κ3) is 1.23. The van der Waals surface area contributed by atoms with Crippen LogP contribution in [0.2, 0.25) is 0 Å². The Hall–Kier alpha value is -1.22. The fourth-order valence-electron chi connectivity index (χ4n) is 1.34. The van der Waals surface area contributed by atoms with Gasteiger partial charge < -0.3 is 5.73 Å². The maximum absolute atomic E-state index is 10.4. The van der Waals surface area contributed by atoms with Crippen LogP contribution in [0.3, 0.4) is 0 Å². The predicted molar refractivity (Wildman–Crippen MR) is 45.0 cm³/mol. The summed E-state index contributed by atoms with van der Waals surface area (Å²) in [5.74, 6) is 0.428. The van der Waals surface area contributed by atoms with Crippen molar-refractivity contribution in [3.8, 4) is 0 Å². The monoisotopic (exact) mass is 162 g/mol. The third-order valence-electron chi connectivity index (χ3n) is 2.18. The van der Waals surface area contributed by atoms with E-state index >= 15 is 0 Å². The van der Waals surface area contributed by atoms with Gasteiger partial charge >= 0.3 is 0 Å². The van der Waals surface area contributed by atoms with E-state index in [0.29, 0.717) is 11.5 Å². The predicted octanol–water partition coefficient (Wildman–Crippen LogP) is 0.709. The van der Waals surface area contributed by atoms with Gasteiger partial charge in [0.25, 0.3) is 0 Å². The quantitative estimate of drug-likeness (QED) is 0.651. The van der Waals surface area contributed by atoms with Gasteiger partial charge in [-0.3, -0.25) is 9.78 Å². The molecule has 2 N–H and O–H groups in total. The molecule has 0 spiro atoms. The molecule has 1 saturated carbocycles. The normalized spacial score (nSPS) is 26.8. The first-order chi connectivity index (χ1) is 5.81. The Balaban J connectivity index is 2.27. The summed E-state index contributed by atoms with van der Waals surface area (Å²) in [6.07, 6.45) is 5.17. The van der Waals surface area contributed by atoms with Crippen LogP contribution in [0.4, 0.5) is 0 Å². The standard InChI is InChI=1S/C9H10N2O/c10-9-2-8(9)7-1-6(5-12)3-11-4-7/h1,3-5,8-9H,2,10H2. The number of nitrogens with zero attached hydrogens (tertiary/aromatic N) is 1. The second-order valence-electron chi connectivity index (χ2n) is 3.18. The highest BCUT2D eigenvalue weighted by molar-refractivity contribution is 5.74. The minimum absolute atomic E-state index is 0.272. The fourth-order valence-corrected chi connectivity index (χ4v) is 1.34. The third-order valence-corrected chi connectivity index (χ3v) is 2.18. The summed E-state index contributed by atoms with van der Waals surface area (Å²) >= 11 is 0. The van der Waals surface area contributed by atoms with Crippen LogP contribution < -0.4 is 5.73 Å². The van der Waals surface area contributed by atoms with E-state index in [-0.39, 0.29) is 6.04 Å². The summed E-state index contributed by atoms with van der Waals surface area (Å²) in [4.78, 5) is 14.4. The summed E-state index contributed by atoms with van der Waals surface area (Å²) in [6, 6.07) is 2.13. The maximum Gasteiger partial charge on any atom is 0.151 e. The van der Waals surface area contributed by atoms with Crippen molar-refractivity contribution in [1.29, 1.82) is 0 Å². The molecule has 0 aliphatic heterocycles. The molecule has 2 atom stereocenters. The van der Waals surface area contributed by atoms with E-state index in [1.165, 1.54) is 0 Å². The van der Waals surface area contributed by atoms with Crippen LogP contribution in [-0.4, -0.2) is 17.3 Å². The zero-order valence-corrected chi connectivity index (χ0v) is 6.60. The van der Waals surface area contributed by atoms with Crippen molar-refractivity contribution >= 4 is 6.29 Å². The Bertz CT molecular complexity index is 311. The summed E-state index contributed by atoms with van der Waals surface area (Å²) in [5.41, 5.74) is 7.39. The summed E-state index contributed by atoms with van der Waals surface area (Å²) in [7, 11) is 0. The molecule has 2 rings (SSSR count). The molecule has 0 saturated heterocycles. The molecular weight excluding hydrogens is 152 g/mol. The van der Waals surface area contributed by atoms with E-state index in [1.807, 2.05) is 6.07 Å². The van der Waals surface area contributed by atoms with Gasteiger partial charge in [0.05, 0.1) is 0 Å². The fraction of sp³-hybridized carbons (Fsp3) is 0.333. The average molecular weight is 162 g/mol. The largest absolute Gasteiger partial charge is 0.327 e. The number of aromatic nitrogens is 1. The first-order valence-corrected chi connectivity index (χ1v) is 3.97. The van der Waals surface area contributed by atoms with Crippen molar-refractivity contribution < 1.29 is 4.79 Å². The number of nitrogens with two attached hydrogens (primary N) is 1. The summed E-state index contributed by atoms with van der Waals surface area (Å²) in [6.45, 7) is 0. The number of pyridine rings is 1. The molecule has 0 aromatic carbocycles. The van der Waals surface area contributed by atoms with Crippen molar-refractivity contribution in [2.45, 2.75) is 18.4 Å². The molecule has 62 valence electrons. The Morgan fingerprint density at radius 2 is 2.33 bits per heavy atom. The maximum atomic E-state index is 10.4. The molecule has 3 nitrogen and oxygen atoms in total. The van der Waals surface area contributed by atoms with Gasteiger partial charge in [0.15, 0.2) is 6.29 Å². The van der Waals surface area contributed by atoms with E-state index < -0.39 is 0 Å². The van der Waals surface area contributed by atoms with Gasteiger partial charge in [-0.2, -0.15) is 0 Å². The zero-order chi connectivity index (χ0) is 8.55. The van der Waals surface area contributed by atoms with E-state index in [0.717, 1.165) is 18.3 Å². The van der Waals surface area contributed by atoms with Gasteiger partial charge in [0, 0.05) is 29.9 Å². The number of carbonyl (C=O) groups excluding carboxylic acids is 1. The molecule has 12 heavy (non-hydrogen) atoms. The molecule has 1 aliphatic carbocycles. The van der Waals surface area contributed by atoms with Gasteiger partial charge in [0.1, 0.15) is 0 Å². The first-order valence-electron chi connectivity index (χ1n) is 3.97. The van der Waals surface area contributed by atoms with Gasteiger partial charge in [0.2, 0.25) is 0 Å². The molecule has 1 aromatic rings. The number of hydrogen-bond donors (Lipinski definition) is 1. The van der Waals surface area contributed by atoms with Gasteiger partial charge in [-0.05, 0) is 18.1 Å². The molecule has 0 bridgehead atoms. The Morgan fingerprint density at radius 1 is 1.58 bits per heavy atom. The lowest BCUT2D eigenvalue weighted by Crippen LogP contribution is -2.01. The number of carbonyl (C=O) groups is 1. The smallest absolute Gasteiger partial charge is 0.151 e. The van der Waals surface area contributed by atoms with Crippen LogP contribution in [0, 0.1) is 0 Å². The lowest BCUT2D eigenvalue weighted by Gasteiger charge is -1.97. The molecule has 3 heteroatoms. The lowest BCUT2D eigenvalue weighted by atomic mass is 10.1. The molecule has 0 radical (unpaired) electrons. The Labute approximate surface area is 70.6 Å². The van der Waals surface area contributed by atoms with Crippen LogP contribution in [0.25, 0.3) is 0 Å². The number of hydrogen-bond acceptors (Lipinski definition) is 3. The highest BCUT2D eigenvalue weighted by atomic mass is 16.1. The van der Waals surface area contributed by atoms with E-state index in [1.54, 1.807) is 12.4 Å². The highest BCUT2D eigenvalue weighted by Crippen LogP contribution is 2.38. The van der Waals surface area contributed by atoms with Crippen LogP contribution in [0.15, 0.2) is 18.5 Å². The number of rotatable bonds is 2. The van der Waals surface area contributed by atoms with Crippen molar-refractivity contribution in [2.75, 3.05) is 0 Å². The minimum atomic E-state index is 0.272. The zero-order valence-electron chi connectivity index (χ0n) is 6.60. The van der Waals surface area contributed by atoms with Gasteiger partial charge in [-0.25, -0.2) is 0 Å². The van der Waals surface area contributed by atoms with Crippen LogP contribution in [0.1, 0.15) is 28.3 Å². The first kappa shape index (κ1) is 7.43. The van der Waals surface area contributed by atoms with Crippen molar-refractivity contribution in [3.05, 3.63) is 29.6 Å². The van der Waals surface area contributed by atoms with Crippen LogP contribution in [0.5, 0.6) is 0 Å². The Morgan fingerprint density at radius 3 is 2.92 bits per heavy atom. The van der Waals surface area contributed by atoms with Crippen LogP contribution >= 0.6 is 0 Å². The van der Waals surface area contributed by atoms with Crippen LogP contribution in [-0.2, 0) is 0 Å². The molecular formula is C9H10N2O. The van der Waals surface area contributed by atoms with Crippen molar-refractivity contribution in [3.63, 3.8) is 0 Å². The summed E-state index contributed by atoms with van der Waals surface area (Å²) < 4.78 is 0. The second-order valence-corrected chi connectivity index (χ2v) is 3.18. The molecule has 1 aliphatic rings. The van der Waals surface area contributed by atoms with Gasteiger partial charge in [-0.15, -0.1) is 0 Å². The lowest BCUT2D eigenvalue weighted by molar-refractivity contribution is 0.112. The van der Waals surface area contributed by atoms with E-state index in [2.05, 4.69) is 4.98 Å². The summed E-state index contributed by atoms with van der Waals surface area (Å²) in [5, 5.41) is 0. The van der Waals surface area contributed by atoms with E-state index in [4.69, 9.17) is 5.73 Å². The van der Waals surface area contributed by atoms with Crippen molar-refractivity contribution in [2.24, 2.45) is 5.73 Å². The second kappa shape index (κ2) is 2.68. The van der Waals surface area contributed by atoms with E-state index in [9.17, 15) is 4.79 Å². The SMILES string of the molecule is NC1CC1c1cncc(C=O)c1. The topological polar surface area (TPSA) is 56.0 Å². The molecule has 2 unspecified atom stereocenters. The Kier molecular flexibility index (Phi) is 1.66.